The second-order valence-electron chi connectivity index (χ2n) is 6.92. The maximum absolute atomic E-state index is 11.8. The van der Waals surface area contributed by atoms with Crippen molar-refractivity contribution in [3.8, 4) is 0 Å². The van der Waals surface area contributed by atoms with Crippen LogP contribution in [0.15, 0.2) is 0 Å². The lowest BCUT2D eigenvalue weighted by Crippen LogP contribution is -2.59. The third kappa shape index (κ3) is 4.55. The molecule has 18 heavy (non-hydrogen) atoms. The molecule has 0 unspecified atom stereocenters. The van der Waals surface area contributed by atoms with Gasteiger partial charge in [0, 0.05) is 6.54 Å². The first-order chi connectivity index (χ1) is 7.79. The van der Waals surface area contributed by atoms with Crippen LogP contribution in [0.2, 0.25) is 0 Å². The summed E-state index contributed by atoms with van der Waals surface area (Å²) < 4.78 is 0. The van der Waals surface area contributed by atoms with E-state index in [-0.39, 0.29) is 11.4 Å². The minimum absolute atomic E-state index is 0.0101. The monoisotopic (exact) mass is 258 g/mol. The number of aliphatic carboxylic acids is 1. The normalized spacial score (nSPS) is 13.1. The number of hydrogen-bond acceptors (Lipinski definition) is 2. The van der Waals surface area contributed by atoms with Crippen LogP contribution >= 0.6 is 0 Å². The summed E-state index contributed by atoms with van der Waals surface area (Å²) >= 11 is 0. The highest BCUT2D eigenvalue weighted by atomic mass is 16.4. The zero-order chi connectivity index (χ0) is 14.8. The fraction of sp³-hybridized carbons (Fsp3) is 0.846. The van der Waals surface area contributed by atoms with Gasteiger partial charge in [-0.15, -0.1) is 0 Å². The lowest BCUT2D eigenvalue weighted by atomic mass is 9.74. The van der Waals surface area contributed by atoms with Crippen LogP contribution in [0.1, 0.15) is 48.5 Å². The first-order valence-electron chi connectivity index (χ1n) is 6.09. The number of amides is 2. The highest BCUT2D eigenvalue weighted by Crippen LogP contribution is 2.30. The molecule has 0 aliphatic carbocycles. The number of nitrogens with one attached hydrogen (secondary N) is 2. The van der Waals surface area contributed by atoms with E-state index in [1.165, 1.54) is 0 Å². The van der Waals surface area contributed by atoms with Crippen molar-refractivity contribution in [3.05, 3.63) is 0 Å². The van der Waals surface area contributed by atoms with Gasteiger partial charge in [-0.2, -0.15) is 0 Å². The molecule has 2 amide bonds. The molecule has 0 aliphatic rings. The van der Waals surface area contributed by atoms with Crippen LogP contribution in [-0.2, 0) is 4.79 Å². The zero-order valence-electron chi connectivity index (χ0n) is 12.5. The molecule has 0 saturated heterocycles. The molecule has 5 heteroatoms. The topological polar surface area (TPSA) is 78.4 Å². The average Bonchev–Trinajstić information content (AvgIpc) is 2.12. The second-order valence-corrected chi connectivity index (χ2v) is 6.92. The highest BCUT2D eigenvalue weighted by molar-refractivity contribution is 5.79. The molecular formula is C13H26N2O3. The van der Waals surface area contributed by atoms with Gasteiger partial charge in [0.15, 0.2) is 0 Å². The SMILES string of the molecule is CC(C)(C)CNC(=O)NC(C)(C)C(C)(C)C(=O)O. The molecule has 0 aromatic carbocycles. The first kappa shape index (κ1) is 16.7. The fourth-order valence-corrected chi connectivity index (χ4v) is 1.10. The van der Waals surface area contributed by atoms with E-state index in [4.69, 9.17) is 0 Å². The van der Waals surface area contributed by atoms with E-state index in [9.17, 15) is 14.7 Å². The van der Waals surface area contributed by atoms with E-state index < -0.39 is 16.9 Å². The molecule has 106 valence electrons. The van der Waals surface area contributed by atoms with E-state index in [0.717, 1.165) is 0 Å². The van der Waals surface area contributed by atoms with Crippen molar-refractivity contribution in [2.45, 2.75) is 54.0 Å². The Kier molecular flexibility index (Phi) is 4.80. The van der Waals surface area contributed by atoms with Crippen LogP contribution in [0.25, 0.3) is 0 Å². The summed E-state index contributed by atoms with van der Waals surface area (Å²) in [6.45, 7) is 13.2. The minimum Gasteiger partial charge on any atom is -0.481 e. The molecule has 0 saturated carbocycles. The van der Waals surface area contributed by atoms with E-state index in [0.29, 0.717) is 6.54 Å². The van der Waals surface area contributed by atoms with Crippen LogP contribution in [0, 0.1) is 10.8 Å². The molecule has 0 atom stereocenters. The maximum atomic E-state index is 11.8. The fourth-order valence-electron chi connectivity index (χ4n) is 1.10. The molecule has 0 aromatic rings. The molecule has 0 bridgehead atoms. The number of carboxylic acids is 1. The number of hydrogen-bond donors (Lipinski definition) is 3. The Labute approximate surface area is 109 Å². The third-order valence-corrected chi connectivity index (χ3v) is 3.30. The van der Waals surface area contributed by atoms with Gasteiger partial charge in [-0.05, 0) is 33.1 Å². The van der Waals surface area contributed by atoms with Gasteiger partial charge in [-0.25, -0.2) is 4.79 Å². The summed E-state index contributed by atoms with van der Waals surface area (Å²) in [5, 5.41) is 14.6. The van der Waals surface area contributed by atoms with E-state index >= 15 is 0 Å². The van der Waals surface area contributed by atoms with Gasteiger partial charge in [-0.3, -0.25) is 4.79 Å². The summed E-state index contributed by atoms with van der Waals surface area (Å²) in [6, 6.07) is -0.343. The van der Waals surface area contributed by atoms with Crippen molar-refractivity contribution >= 4 is 12.0 Å². The molecule has 0 fully saturated rings. The Morgan fingerprint density at radius 2 is 1.44 bits per heavy atom. The summed E-state index contributed by atoms with van der Waals surface area (Å²) in [6.07, 6.45) is 0. The van der Waals surface area contributed by atoms with Crippen molar-refractivity contribution in [1.29, 1.82) is 0 Å². The number of rotatable bonds is 4. The highest BCUT2D eigenvalue weighted by Gasteiger charge is 2.44. The maximum Gasteiger partial charge on any atom is 0.315 e. The summed E-state index contributed by atoms with van der Waals surface area (Å²) in [7, 11) is 0. The predicted octanol–water partition coefficient (Wildman–Crippen LogP) is 2.22. The molecule has 0 spiro atoms. The number of carbonyl (C=O) groups excluding carboxylic acids is 1. The van der Waals surface area contributed by atoms with Gasteiger partial charge in [-0.1, -0.05) is 20.8 Å². The van der Waals surface area contributed by atoms with Crippen molar-refractivity contribution in [1.82, 2.24) is 10.6 Å². The average molecular weight is 258 g/mol. The van der Waals surface area contributed by atoms with Crippen molar-refractivity contribution in [2.24, 2.45) is 10.8 Å². The summed E-state index contributed by atoms with van der Waals surface area (Å²) in [5.41, 5.74) is -1.91. The van der Waals surface area contributed by atoms with Crippen molar-refractivity contribution in [3.63, 3.8) is 0 Å². The van der Waals surface area contributed by atoms with Crippen LogP contribution in [0.4, 0.5) is 4.79 Å². The third-order valence-electron chi connectivity index (χ3n) is 3.30. The Balaban J connectivity index is 4.60. The summed E-state index contributed by atoms with van der Waals surface area (Å²) in [5.74, 6) is -0.941. The quantitative estimate of drug-likeness (QED) is 0.723. The standard InChI is InChI=1S/C13H26N2O3/c1-11(2,3)8-14-10(18)15-13(6,7)12(4,5)9(16)17/h8H2,1-7H3,(H,16,17)(H2,14,15,18). The zero-order valence-corrected chi connectivity index (χ0v) is 12.5. The van der Waals surface area contributed by atoms with Crippen molar-refractivity contribution in [2.75, 3.05) is 6.54 Å². The minimum atomic E-state index is -1.05. The van der Waals surface area contributed by atoms with E-state index in [2.05, 4.69) is 10.6 Å². The van der Waals surface area contributed by atoms with Crippen LogP contribution in [0.3, 0.4) is 0 Å². The summed E-state index contributed by atoms with van der Waals surface area (Å²) in [4.78, 5) is 23.0. The van der Waals surface area contributed by atoms with Crippen LogP contribution < -0.4 is 10.6 Å². The predicted molar refractivity (Wildman–Crippen MR) is 71.5 cm³/mol. The number of carboxylic acid groups (broad SMARTS) is 1. The molecule has 3 N–H and O–H groups in total. The van der Waals surface area contributed by atoms with Gasteiger partial charge in [0.25, 0.3) is 0 Å². The first-order valence-corrected chi connectivity index (χ1v) is 6.09. The van der Waals surface area contributed by atoms with E-state index in [1.807, 2.05) is 20.8 Å². The Hall–Kier alpha value is -1.26. The Bertz CT molecular complexity index is 328. The molecule has 0 aliphatic heterocycles. The smallest absolute Gasteiger partial charge is 0.315 e. The van der Waals surface area contributed by atoms with Gasteiger partial charge >= 0.3 is 12.0 Å². The Morgan fingerprint density at radius 1 is 1.00 bits per heavy atom. The number of carbonyl (C=O) groups is 2. The van der Waals surface area contributed by atoms with Gasteiger partial charge in [0.1, 0.15) is 0 Å². The molecule has 0 aromatic heterocycles. The second kappa shape index (κ2) is 5.16. The van der Waals surface area contributed by atoms with Crippen LogP contribution in [-0.4, -0.2) is 29.2 Å². The number of urea groups is 1. The van der Waals surface area contributed by atoms with E-state index in [1.54, 1.807) is 27.7 Å². The Morgan fingerprint density at radius 3 is 1.78 bits per heavy atom. The molecule has 0 rings (SSSR count). The molecule has 0 heterocycles. The van der Waals surface area contributed by atoms with Crippen LogP contribution in [0.5, 0.6) is 0 Å². The van der Waals surface area contributed by atoms with Gasteiger partial charge in [0.05, 0.1) is 11.0 Å². The van der Waals surface area contributed by atoms with Gasteiger partial charge in [0.2, 0.25) is 0 Å². The largest absolute Gasteiger partial charge is 0.481 e. The molecule has 0 radical (unpaired) electrons. The van der Waals surface area contributed by atoms with Crippen molar-refractivity contribution < 1.29 is 14.7 Å². The molecule has 5 nitrogen and oxygen atoms in total. The lowest BCUT2D eigenvalue weighted by molar-refractivity contribution is -0.150. The molecular weight excluding hydrogens is 232 g/mol. The lowest BCUT2D eigenvalue weighted by Gasteiger charge is -2.38. The van der Waals surface area contributed by atoms with Gasteiger partial charge < -0.3 is 15.7 Å².